The number of pyridine rings is 1. The van der Waals surface area contributed by atoms with Crippen molar-refractivity contribution in [1.29, 1.82) is 0 Å². The first kappa shape index (κ1) is 29.9. The summed E-state index contributed by atoms with van der Waals surface area (Å²) in [6.45, 7) is 1.62. The molecule has 3 heterocycles. The van der Waals surface area contributed by atoms with Crippen molar-refractivity contribution in [3.05, 3.63) is 102 Å². The van der Waals surface area contributed by atoms with Crippen LogP contribution in [0.15, 0.2) is 99.5 Å². The van der Waals surface area contributed by atoms with Crippen LogP contribution in [0.2, 0.25) is 0 Å². The molecule has 0 fully saturated rings. The van der Waals surface area contributed by atoms with Gasteiger partial charge in [-0.15, -0.1) is 0 Å². The molecule has 220 valence electrons. The van der Waals surface area contributed by atoms with E-state index in [1.165, 1.54) is 29.6 Å². The number of aromatic nitrogens is 3. The van der Waals surface area contributed by atoms with Crippen LogP contribution in [-0.4, -0.2) is 46.7 Å². The molecule has 0 aliphatic rings. The lowest BCUT2D eigenvalue weighted by Crippen LogP contribution is -2.21. The summed E-state index contributed by atoms with van der Waals surface area (Å²) in [5.41, 5.74) is 2.28. The molecule has 0 saturated carbocycles. The molecule has 2 atom stereocenters. The first-order chi connectivity index (χ1) is 20.8. The molecule has 3 aromatic heterocycles. The van der Waals surface area contributed by atoms with Gasteiger partial charge in [-0.1, -0.05) is 36.9 Å². The molecule has 2 aromatic carbocycles. The Labute approximate surface area is 252 Å². The van der Waals surface area contributed by atoms with Gasteiger partial charge in [-0.05, 0) is 60.7 Å². The van der Waals surface area contributed by atoms with Crippen LogP contribution in [0.5, 0.6) is 5.95 Å². The molecule has 0 radical (unpaired) electrons. The number of amides is 1. The Bertz CT molecular complexity index is 1820. The number of hydrogen-bond acceptors (Lipinski definition) is 9. The van der Waals surface area contributed by atoms with Gasteiger partial charge in [-0.3, -0.25) is 19.1 Å². The Morgan fingerprint density at radius 2 is 1.91 bits per heavy atom. The molecule has 1 amide bonds. The smallest absolute Gasteiger partial charge is 0.366 e. The number of esters is 1. The third-order valence-corrected chi connectivity index (χ3v) is 9.90. The third kappa shape index (κ3) is 6.74. The second kappa shape index (κ2) is 13.1. The molecule has 5 aromatic rings. The number of fused-ring (bicyclic) bond motifs is 1. The maximum Gasteiger partial charge on any atom is 0.366 e. The molecule has 1 N–H and O–H groups in total. The number of methoxy groups -OCH3 is 1. The zero-order chi connectivity index (χ0) is 30.4. The minimum absolute atomic E-state index is 0.0275. The standard InChI is InChI=1S/C31H29N4O6PS/c1-21(31(37)39-3)20-42(38,41-29-12-8-18-40-29)35-27-19-23(43-28-11-5-4-10-25(28)30(36)32-2)14-15-24(27)26(34-35)16-13-22-9-6-7-17-33-22/h4-19,21H,20H2,1-3H3,(H,32,36)/b16-13+/t21-,42?/m1/s1. The molecule has 10 nitrogen and oxygen atoms in total. The SMILES string of the molecule is CNC(=O)c1ccccc1Sc1ccc2c(/C=C/c3ccccn3)nn(P(=O)(C[C@@H](C)C(=O)OC)Oc3ccco3)c2c1. The van der Waals surface area contributed by atoms with Gasteiger partial charge < -0.3 is 19.0 Å². The van der Waals surface area contributed by atoms with Crippen LogP contribution >= 0.6 is 19.3 Å². The summed E-state index contributed by atoms with van der Waals surface area (Å²) >= 11 is 1.39. The molecular formula is C31H29N4O6PS. The van der Waals surface area contributed by atoms with E-state index in [9.17, 15) is 14.2 Å². The van der Waals surface area contributed by atoms with Crippen LogP contribution in [0.1, 0.15) is 28.7 Å². The zero-order valence-electron chi connectivity index (χ0n) is 23.7. The van der Waals surface area contributed by atoms with E-state index in [1.807, 2.05) is 54.6 Å². The van der Waals surface area contributed by atoms with E-state index < -0.39 is 19.4 Å². The highest BCUT2D eigenvalue weighted by Crippen LogP contribution is 2.52. The molecule has 0 saturated heterocycles. The molecule has 12 heteroatoms. The number of ether oxygens (including phenoxy) is 1. The summed E-state index contributed by atoms with van der Waals surface area (Å²) in [5.74, 6) is -1.48. The number of carbonyl (C=O) groups is 2. The van der Waals surface area contributed by atoms with E-state index in [0.29, 0.717) is 22.2 Å². The van der Waals surface area contributed by atoms with Crippen molar-refractivity contribution in [3.8, 4) is 5.95 Å². The van der Waals surface area contributed by atoms with E-state index in [0.717, 1.165) is 15.5 Å². The van der Waals surface area contributed by atoms with Crippen LogP contribution < -0.4 is 9.84 Å². The second-order valence-electron chi connectivity index (χ2n) is 9.49. The van der Waals surface area contributed by atoms with Crippen molar-refractivity contribution < 1.29 is 27.8 Å². The van der Waals surface area contributed by atoms with Gasteiger partial charge >= 0.3 is 13.5 Å². The van der Waals surface area contributed by atoms with Crippen LogP contribution in [0.25, 0.3) is 23.1 Å². The Morgan fingerprint density at radius 1 is 1.09 bits per heavy atom. The average Bonchev–Trinajstić information content (AvgIpc) is 3.67. The summed E-state index contributed by atoms with van der Waals surface area (Å²) in [6, 6.07) is 21.6. The van der Waals surface area contributed by atoms with Crippen molar-refractivity contribution in [3.63, 3.8) is 0 Å². The Morgan fingerprint density at radius 3 is 2.63 bits per heavy atom. The first-order valence-corrected chi connectivity index (χ1v) is 15.9. The lowest BCUT2D eigenvalue weighted by molar-refractivity contribution is -0.144. The molecule has 43 heavy (non-hydrogen) atoms. The first-order valence-electron chi connectivity index (χ1n) is 13.3. The van der Waals surface area contributed by atoms with Gasteiger partial charge in [0.25, 0.3) is 11.9 Å². The fraction of sp³-hybridized carbons (Fsp3) is 0.161. The van der Waals surface area contributed by atoms with Crippen LogP contribution in [0.4, 0.5) is 0 Å². The number of carbonyl (C=O) groups excluding carboxylic acids is 2. The van der Waals surface area contributed by atoms with Gasteiger partial charge in [0.05, 0.1) is 47.9 Å². The second-order valence-corrected chi connectivity index (χ2v) is 12.8. The fourth-order valence-electron chi connectivity index (χ4n) is 4.40. The van der Waals surface area contributed by atoms with E-state index in [1.54, 1.807) is 50.5 Å². The van der Waals surface area contributed by atoms with E-state index >= 15 is 0 Å². The van der Waals surface area contributed by atoms with Gasteiger partial charge in [0, 0.05) is 34.5 Å². The molecule has 0 bridgehead atoms. The summed E-state index contributed by atoms with van der Waals surface area (Å²) in [5, 5.41) is 8.12. The Kier molecular flexibility index (Phi) is 9.13. The highest BCUT2D eigenvalue weighted by molar-refractivity contribution is 7.99. The van der Waals surface area contributed by atoms with Gasteiger partial charge in [0.2, 0.25) is 0 Å². The number of hydrogen-bond donors (Lipinski definition) is 1. The summed E-state index contributed by atoms with van der Waals surface area (Å²) in [7, 11) is -1.09. The van der Waals surface area contributed by atoms with Crippen molar-refractivity contribution in [2.24, 2.45) is 5.92 Å². The lowest BCUT2D eigenvalue weighted by atomic mass is 10.2. The van der Waals surface area contributed by atoms with Crippen molar-refractivity contribution in [1.82, 2.24) is 19.9 Å². The van der Waals surface area contributed by atoms with Crippen molar-refractivity contribution >= 4 is 54.2 Å². The molecule has 0 aliphatic heterocycles. The zero-order valence-corrected chi connectivity index (χ0v) is 25.4. The van der Waals surface area contributed by atoms with E-state index in [-0.39, 0.29) is 18.0 Å². The van der Waals surface area contributed by atoms with Crippen molar-refractivity contribution in [2.75, 3.05) is 20.3 Å². The van der Waals surface area contributed by atoms with E-state index in [4.69, 9.17) is 18.8 Å². The maximum absolute atomic E-state index is 14.8. The Balaban J connectivity index is 1.65. The van der Waals surface area contributed by atoms with Gasteiger partial charge in [0.1, 0.15) is 0 Å². The number of nitrogens with zero attached hydrogens (tertiary/aromatic N) is 3. The lowest BCUT2D eigenvalue weighted by Gasteiger charge is -2.21. The van der Waals surface area contributed by atoms with E-state index in [2.05, 4.69) is 10.3 Å². The predicted molar refractivity (Wildman–Crippen MR) is 165 cm³/mol. The number of benzene rings is 2. The number of rotatable bonds is 11. The largest absolute Gasteiger partial charge is 0.469 e. The molecule has 0 spiro atoms. The number of furan rings is 1. The topological polar surface area (TPSA) is 126 Å². The minimum Gasteiger partial charge on any atom is -0.469 e. The third-order valence-electron chi connectivity index (χ3n) is 6.47. The quantitative estimate of drug-likeness (QED) is 0.128. The summed E-state index contributed by atoms with van der Waals surface area (Å²) < 4.78 is 32.4. The highest BCUT2D eigenvalue weighted by atomic mass is 32.2. The molecular weight excluding hydrogens is 587 g/mol. The van der Waals surface area contributed by atoms with Crippen LogP contribution in [0.3, 0.4) is 0 Å². The molecule has 1 unspecified atom stereocenters. The van der Waals surface area contributed by atoms with Crippen LogP contribution in [0, 0.1) is 5.92 Å². The summed E-state index contributed by atoms with van der Waals surface area (Å²) in [4.78, 5) is 30.8. The monoisotopic (exact) mass is 616 g/mol. The normalized spacial score (nSPS) is 13.5. The Hall–Kier alpha value is -4.60. The van der Waals surface area contributed by atoms with Gasteiger partial charge in [-0.25, -0.2) is 0 Å². The minimum atomic E-state index is -3.95. The average molecular weight is 617 g/mol. The van der Waals surface area contributed by atoms with Crippen LogP contribution in [-0.2, 0) is 14.1 Å². The van der Waals surface area contributed by atoms with Gasteiger partial charge in [-0.2, -0.15) is 9.55 Å². The molecule has 0 aliphatic carbocycles. The number of nitrogens with one attached hydrogen (secondary N) is 1. The van der Waals surface area contributed by atoms with Crippen molar-refractivity contribution in [2.45, 2.75) is 16.7 Å². The summed E-state index contributed by atoms with van der Waals surface area (Å²) in [6.07, 6.45) is 6.50. The highest BCUT2D eigenvalue weighted by Gasteiger charge is 2.37. The fourth-order valence-corrected chi connectivity index (χ4v) is 7.63. The molecule has 5 rings (SSSR count). The predicted octanol–water partition coefficient (Wildman–Crippen LogP) is 6.63. The maximum atomic E-state index is 14.8. The van der Waals surface area contributed by atoms with Gasteiger partial charge in [0.15, 0.2) is 0 Å².